The van der Waals surface area contributed by atoms with Crippen LogP contribution in [-0.2, 0) is 4.79 Å². The van der Waals surface area contributed by atoms with Gasteiger partial charge in [0.1, 0.15) is 0 Å². The number of amides is 2. The number of thioether (sulfide) groups is 1. The summed E-state index contributed by atoms with van der Waals surface area (Å²) in [5.41, 5.74) is 2.14. The second-order valence-electron chi connectivity index (χ2n) is 7.04. The van der Waals surface area contributed by atoms with Gasteiger partial charge in [-0.2, -0.15) is 0 Å². The van der Waals surface area contributed by atoms with E-state index in [0.29, 0.717) is 16.4 Å². The molecule has 1 atom stereocenters. The van der Waals surface area contributed by atoms with Crippen molar-refractivity contribution in [1.29, 1.82) is 0 Å². The normalized spacial score (nSPS) is 11.5. The molecule has 0 heterocycles. The standard InChI is InChI=1S/C24H21ClN2O4S/c1-14-7-8-16(25)13-21(14)27-22(28)15(2)32-18-11-9-17(10-12-18)26-23(29)19-5-3-4-6-20(19)24(30)31/h3-13,15H,1-2H3,(H,26,29)(H,27,28)(H,30,31). The van der Waals surface area contributed by atoms with Gasteiger partial charge < -0.3 is 15.7 Å². The number of carboxylic acids is 1. The molecule has 0 aliphatic carbocycles. The maximum absolute atomic E-state index is 12.6. The van der Waals surface area contributed by atoms with E-state index >= 15 is 0 Å². The van der Waals surface area contributed by atoms with Crippen LogP contribution in [0.3, 0.4) is 0 Å². The van der Waals surface area contributed by atoms with E-state index in [9.17, 15) is 19.5 Å². The second-order valence-corrected chi connectivity index (χ2v) is 8.89. The van der Waals surface area contributed by atoms with Crippen molar-refractivity contribution in [3.05, 3.63) is 88.4 Å². The number of hydrogen-bond donors (Lipinski definition) is 3. The highest BCUT2D eigenvalue weighted by atomic mass is 35.5. The summed E-state index contributed by atoms with van der Waals surface area (Å²) in [7, 11) is 0. The van der Waals surface area contributed by atoms with Crippen LogP contribution in [0.15, 0.2) is 71.6 Å². The average Bonchev–Trinajstić information content (AvgIpc) is 2.77. The van der Waals surface area contributed by atoms with Gasteiger partial charge >= 0.3 is 5.97 Å². The summed E-state index contributed by atoms with van der Waals surface area (Å²) in [6.45, 7) is 3.70. The van der Waals surface area contributed by atoms with Crippen LogP contribution in [0.1, 0.15) is 33.2 Å². The van der Waals surface area contributed by atoms with Crippen LogP contribution in [0.25, 0.3) is 0 Å². The Bertz CT molecular complexity index is 1160. The van der Waals surface area contributed by atoms with Gasteiger partial charge in [0.2, 0.25) is 5.91 Å². The number of nitrogens with one attached hydrogen (secondary N) is 2. The number of carboxylic acid groups (broad SMARTS) is 1. The topological polar surface area (TPSA) is 95.5 Å². The SMILES string of the molecule is Cc1ccc(Cl)cc1NC(=O)C(C)Sc1ccc(NC(=O)c2ccccc2C(=O)O)cc1. The Morgan fingerprint density at radius 2 is 1.59 bits per heavy atom. The fraction of sp³-hybridized carbons (Fsp3) is 0.125. The first kappa shape index (κ1) is 23.4. The van der Waals surface area contributed by atoms with Crippen LogP contribution < -0.4 is 10.6 Å². The third-order valence-corrected chi connectivity index (χ3v) is 6.00. The lowest BCUT2D eigenvalue weighted by atomic mass is 10.1. The number of hydrogen-bond acceptors (Lipinski definition) is 4. The Kier molecular flexibility index (Phi) is 7.56. The molecule has 0 bridgehead atoms. The van der Waals surface area contributed by atoms with E-state index in [4.69, 9.17) is 11.6 Å². The largest absolute Gasteiger partial charge is 0.478 e. The molecular weight excluding hydrogens is 448 g/mol. The van der Waals surface area contributed by atoms with Crippen molar-refractivity contribution in [2.75, 3.05) is 10.6 Å². The maximum Gasteiger partial charge on any atom is 0.336 e. The molecule has 6 nitrogen and oxygen atoms in total. The lowest BCUT2D eigenvalue weighted by molar-refractivity contribution is -0.115. The molecule has 2 amide bonds. The quantitative estimate of drug-likeness (QED) is 0.385. The number of rotatable bonds is 7. The van der Waals surface area contributed by atoms with Crippen LogP contribution in [-0.4, -0.2) is 28.1 Å². The zero-order valence-corrected chi connectivity index (χ0v) is 19.0. The summed E-state index contributed by atoms with van der Waals surface area (Å²) >= 11 is 7.38. The van der Waals surface area contributed by atoms with Crippen molar-refractivity contribution < 1.29 is 19.5 Å². The molecule has 0 saturated heterocycles. The van der Waals surface area contributed by atoms with Crippen molar-refractivity contribution in [1.82, 2.24) is 0 Å². The Morgan fingerprint density at radius 3 is 2.25 bits per heavy atom. The highest BCUT2D eigenvalue weighted by molar-refractivity contribution is 8.00. The molecule has 3 rings (SSSR count). The van der Waals surface area contributed by atoms with Gasteiger partial charge in [0.05, 0.1) is 16.4 Å². The molecule has 3 aromatic rings. The molecule has 0 fully saturated rings. The molecule has 3 N–H and O–H groups in total. The third kappa shape index (κ3) is 5.90. The molecule has 164 valence electrons. The Labute approximate surface area is 195 Å². The first-order chi connectivity index (χ1) is 15.2. The minimum absolute atomic E-state index is 0.0630. The fourth-order valence-corrected chi connectivity index (χ4v) is 3.94. The Morgan fingerprint density at radius 1 is 0.938 bits per heavy atom. The highest BCUT2D eigenvalue weighted by Gasteiger charge is 2.17. The van der Waals surface area contributed by atoms with Crippen LogP contribution >= 0.6 is 23.4 Å². The lowest BCUT2D eigenvalue weighted by Gasteiger charge is -2.14. The van der Waals surface area contributed by atoms with Gasteiger partial charge in [0, 0.05) is 21.3 Å². The minimum atomic E-state index is -1.16. The predicted octanol–water partition coefficient (Wildman–Crippen LogP) is 5.72. The van der Waals surface area contributed by atoms with Crippen LogP contribution in [0.5, 0.6) is 0 Å². The second kappa shape index (κ2) is 10.3. The smallest absolute Gasteiger partial charge is 0.336 e. The van der Waals surface area contributed by atoms with Gasteiger partial charge in [0.25, 0.3) is 5.91 Å². The predicted molar refractivity (Wildman–Crippen MR) is 128 cm³/mol. The Balaban J connectivity index is 1.62. The van der Waals surface area contributed by atoms with Crippen molar-refractivity contribution in [3.63, 3.8) is 0 Å². The van der Waals surface area contributed by atoms with Gasteiger partial charge in [-0.05, 0) is 67.9 Å². The monoisotopic (exact) mass is 468 g/mol. The van der Waals surface area contributed by atoms with Gasteiger partial charge in [-0.1, -0.05) is 29.8 Å². The average molecular weight is 469 g/mol. The fourth-order valence-electron chi connectivity index (χ4n) is 2.90. The third-order valence-electron chi connectivity index (χ3n) is 4.65. The van der Waals surface area contributed by atoms with E-state index < -0.39 is 11.9 Å². The minimum Gasteiger partial charge on any atom is -0.478 e. The molecule has 32 heavy (non-hydrogen) atoms. The zero-order chi connectivity index (χ0) is 23.3. The summed E-state index contributed by atoms with van der Waals surface area (Å²) in [6, 6.07) is 18.3. The van der Waals surface area contributed by atoms with Crippen molar-refractivity contribution in [3.8, 4) is 0 Å². The van der Waals surface area contributed by atoms with Crippen LogP contribution in [0, 0.1) is 6.92 Å². The zero-order valence-electron chi connectivity index (χ0n) is 17.4. The van der Waals surface area contributed by atoms with Crippen LogP contribution in [0.2, 0.25) is 5.02 Å². The number of carbonyl (C=O) groups is 3. The van der Waals surface area contributed by atoms with E-state index in [0.717, 1.165) is 10.5 Å². The number of aryl methyl sites for hydroxylation is 1. The van der Waals surface area contributed by atoms with Gasteiger partial charge in [-0.25, -0.2) is 4.79 Å². The molecule has 8 heteroatoms. The van der Waals surface area contributed by atoms with E-state index in [1.165, 1.54) is 23.9 Å². The van der Waals surface area contributed by atoms with E-state index in [2.05, 4.69) is 10.6 Å². The van der Waals surface area contributed by atoms with E-state index in [1.807, 2.05) is 13.0 Å². The van der Waals surface area contributed by atoms with Crippen molar-refractivity contribution in [2.45, 2.75) is 24.0 Å². The van der Waals surface area contributed by atoms with Gasteiger partial charge in [0.15, 0.2) is 0 Å². The summed E-state index contributed by atoms with van der Waals surface area (Å²) in [5, 5.41) is 15.0. The maximum atomic E-state index is 12.6. The van der Waals surface area contributed by atoms with Gasteiger partial charge in [-0.3, -0.25) is 9.59 Å². The summed E-state index contributed by atoms with van der Waals surface area (Å²) in [6.07, 6.45) is 0. The van der Waals surface area contributed by atoms with Gasteiger partial charge in [-0.15, -0.1) is 11.8 Å². The molecule has 0 spiro atoms. The summed E-state index contributed by atoms with van der Waals surface area (Å²) in [5.74, 6) is -1.82. The van der Waals surface area contributed by atoms with E-state index in [-0.39, 0.29) is 22.3 Å². The van der Waals surface area contributed by atoms with Crippen molar-refractivity contribution in [2.24, 2.45) is 0 Å². The number of anilines is 2. The number of aromatic carboxylic acids is 1. The highest BCUT2D eigenvalue weighted by Crippen LogP contribution is 2.27. The number of carbonyl (C=O) groups excluding carboxylic acids is 2. The number of halogens is 1. The molecule has 0 saturated carbocycles. The molecule has 0 aliphatic rings. The molecule has 0 aliphatic heterocycles. The summed E-state index contributed by atoms with van der Waals surface area (Å²) in [4.78, 5) is 37.2. The first-order valence-electron chi connectivity index (χ1n) is 9.72. The van der Waals surface area contributed by atoms with Crippen LogP contribution in [0.4, 0.5) is 11.4 Å². The Hall–Kier alpha value is -3.29. The molecular formula is C24H21ClN2O4S. The van der Waals surface area contributed by atoms with E-state index in [1.54, 1.807) is 55.5 Å². The number of benzene rings is 3. The lowest BCUT2D eigenvalue weighted by Crippen LogP contribution is -2.22. The van der Waals surface area contributed by atoms with Crippen molar-refractivity contribution >= 4 is 52.5 Å². The summed E-state index contributed by atoms with van der Waals surface area (Å²) < 4.78 is 0. The first-order valence-corrected chi connectivity index (χ1v) is 11.0. The molecule has 1 unspecified atom stereocenters. The molecule has 3 aromatic carbocycles. The molecule has 0 radical (unpaired) electrons. The molecule has 0 aromatic heterocycles.